The van der Waals surface area contributed by atoms with Crippen LogP contribution in [0.25, 0.3) is 10.9 Å². The Morgan fingerprint density at radius 2 is 1.74 bits per heavy atom. The average Bonchev–Trinajstić information content (AvgIpc) is 3.25. The van der Waals surface area contributed by atoms with Gasteiger partial charge in [0.2, 0.25) is 5.91 Å². The molecule has 3 aromatic rings. The number of aromatic nitrogens is 1. The highest BCUT2D eigenvalue weighted by Crippen LogP contribution is 2.28. The highest BCUT2D eigenvalue weighted by molar-refractivity contribution is 5.95. The standard InChI is InChI=1S/C26H30N4O2.2ClH/c1-19-10-11-22-23(27-19)7-3-8-24(22)29-15-13-28(14-16-29)18-25(31)20-5-2-6-21(17-20)30-12-4-9-26(30)32;;/h2-3,5-8,10-11,17,25,31H,4,9,12-16,18H2,1H3;2*1H. The number of carbonyl (C=O) groups is 1. The quantitative estimate of drug-likeness (QED) is 0.561. The molecule has 1 unspecified atom stereocenters. The zero-order chi connectivity index (χ0) is 22.1. The molecule has 6 nitrogen and oxygen atoms in total. The van der Waals surface area contributed by atoms with Gasteiger partial charge in [0, 0.05) is 68.1 Å². The Hall–Kier alpha value is -2.38. The third kappa shape index (κ3) is 5.47. The van der Waals surface area contributed by atoms with Crippen LogP contribution in [0.3, 0.4) is 0 Å². The van der Waals surface area contributed by atoms with Gasteiger partial charge in [0.25, 0.3) is 0 Å². The first-order chi connectivity index (χ1) is 15.6. The Kier molecular flexibility index (Phi) is 8.77. The fourth-order valence-corrected chi connectivity index (χ4v) is 4.86. The second-order valence-corrected chi connectivity index (χ2v) is 8.84. The molecule has 0 aliphatic carbocycles. The smallest absolute Gasteiger partial charge is 0.227 e. The zero-order valence-corrected chi connectivity index (χ0v) is 21.0. The Labute approximate surface area is 213 Å². The number of pyridine rings is 1. The van der Waals surface area contributed by atoms with E-state index in [4.69, 9.17) is 0 Å². The lowest BCUT2D eigenvalue weighted by atomic mass is 10.1. The first kappa shape index (κ1) is 26.2. The van der Waals surface area contributed by atoms with Crippen LogP contribution in [0.2, 0.25) is 0 Å². The number of carbonyl (C=O) groups excluding carboxylic acids is 1. The van der Waals surface area contributed by atoms with E-state index in [0.717, 1.165) is 61.6 Å². The van der Waals surface area contributed by atoms with Crippen molar-refractivity contribution in [1.29, 1.82) is 0 Å². The molecule has 34 heavy (non-hydrogen) atoms. The second kappa shape index (κ2) is 11.4. The summed E-state index contributed by atoms with van der Waals surface area (Å²) in [4.78, 5) is 23.3. The summed E-state index contributed by atoms with van der Waals surface area (Å²) in [7, 11) is 0. The first-order valence-corrected chi connectivity index (χ1v) is 11.5. The molecule has 0 saturated carbocycles. The van der Waals surface area contributed by atoms with Crippen LogP contribution in [0.5, 0.6) is 0 Å². The van der Waals surface area contributed by atoms with E-state index < -0.39 is 6.10 Å². The first-order valence-electron chi connectivity index (χ1n) is 11.5. The summed E-state index contributed by atoms with van der Waals surface area (Å²) in [5.41, 5.74) is 5.08. The summed E-state index contributed by atoms with van der Waals surface area (Å²) in [6.07, 6.45) is 0.954. The van der Waals surface area contributed by atoms with Crippen molar-refractivity contribution in [3.05, 3.63) is 65.9 Å². The minimum atomic E-state index is -0.566. The van der Waals surface area contributed by atoms with E-state index in [1.807, 2.05) is 36.1 Å². The van der Waals surface area contributed by atoms with Crippen molar-refractivity contribution in [1.82, 2.24) is 9.88 Å². The van der Waals surface area contributed by atoms with Crippen molar-refractivity contribution in [3.63, 3.8) is 0 Å². The molecule has 182 valence electrons. The maximum absolute atomic E-state index is 12.1. The van der Waals surface area contributed by atoms with Crippen molar-refractivity contribution >= 4 is 53.0 Å². The number of β-amino-alcohol motifs (C(OH)–C–C–N with tert-alkyl or cyclic N) is 1. The molecule has 2 aromatic carbocycles. The maximum Gasteiger partial charge on any atom is 0.227 e. The molecular weight excluding hydrogens is 471 g/mol. The van der Waals surface area contributed by atoms with Crippen LogP contribution in [0.15, 0.2) is 54.6 Å². The number of rotatable bonds is 5. The fourth-order valence-electron chi connectivity index (χ4n) is 4.86. The molecule has 2 fully saturated rings. The van der Waals surface area contributed by atoms with Crippen molar-refractivity contribution in [2.75, 3.05) is 49.1 Å². The van der Waals surface area contributed by atoms with Crippen LogP contribution in [0.1, 0.15) is 30.2 Å². The van der Waals surface area contributed by atoms with E-state index in [2.05, 4.69) is 45.1 Å². The van der Waals surface area contributed by atoms with Gasteiger partial charge in [0.05, 0.1) is 11.6 Å². The van der Waals surface area contributed by atoms with Crippen molar-refractivity contribution in [2.45, 2.75) is 25.9 Å². The number of aliphatic hydroxyl groups excluding tert-OH is 1. The van der Waals surface area contributed by atoms with Crippen LogP contribution in [0, 0.1) is 6.92 Å². The molecule has 1 N–H and O–H groups in total. The van der Waals surface area contributed by atoms with Crippen LogP contribution in [-0.4, -0.2) is 60.2 Å². The SMILES string of the molecule is Cc1ccc2c(N3CCN(CC(O)c4cccc(N5CCCC5=O)c4)CC3)cccc2n1.Cl.Cl. The van der Waals surface area contributed by atoms with Gasteiger partial charge < -0.3 is 14.9 Å². The van der Waals surface area contributed by atoms with Gasteiger partial charge in [-0.05, 0) is 55.3 Å². The van der Waals surface area contributed by atoms with Crippen molar-refractivity contribution in [3.8, 4) is 0 Å². The monoisotopic (exact) mass is 502 g/mol. The van der Waals surface area contributed by atoms with E-state index in [9.17, 15) is 9.90 Å². The minimum absolute atomic E-state index is 0. The molecule has 0 spiro atoms. The fraction of sp³-hybridized carbons (Fsp3) is 0.385. The zero-order valence-electron chi connectivity index (χ0n) is 19.4. The second-order valence-electron chi connectivity index (χ2n) is 8.84. The average molecular weight is 503 g/mol. The van der Waals surface area contributed by atoms with Gasteiger partial charge in [-0.25, -0.2) is 0 Å². The molecule has 0 radical (unpaired) electrons. The van der Waals surface area contributed by atoms with E-state index in [-0.39, 0.29) is 30.7 Å². The number of nitrogens with zero attached hydrogens (tertiary/aromatic N) is 4. The molecule has 1 amide bonds. The van der Waals surface area contributed by atoms with Crippen molar-refractivity contribution in [2.24, 2.45) is 0 Å². The van der Waals surface area contributed by atoms with E-state index in [1.54, 1.807) is 0 Å². The number of hydrogen-bond donors (Lipinski definition) is 1. The Balaban J connectivity index is 0.00000162. The molecular formula is C26H32Cl2N4O2. The summed E-state index contributed by atoms with van der Waals surface area (Å²) in [5, 5.41) is 12.1. The van der Waals surface area contributed by atoms with Gasteiger partial charge in [-0.3, -0.25) is 14.7 Å². The number of halogens is 2. The predicted octanol–water partition coefficient (Wildman–Crippen LogP) is 4.37. The molecule has 3 heterocycles. The number of fused-ring (bicyclic) bond motifs is 1. The Morgan fingerprint density at radius 3 is 2.47 bits per heavy atom. The van der Waals surface area contributed by atoms with E-state index in [0.29, 0.717) is 13.0 Å². The molecule has 2 aliphatic rings. The molecule has 2 aliphatic heterocycles. The number of aliphatic hydroxyl groups is 1. The number of piperazine rings is 1. The molecule has 5 rings (SSSR count). The lowest BCUT2D eigenvalue weighted by molar-refractivity contribution is -0.117. The maximum atomic E-state index is 12.1. The summed E-state index contributed by atoms with van der Waals surface area (Å²) >= 11 is 0. The lowest BCUT2D eigenvalue weighted by Crippen LogP contribution is -2.47. The summed E-state index contributed by atoms with van der Waals surface area (Å²) < 4.78 is 0. The summed E-state index contributed by atoms with van der Waals surface area (Å²) in [5.74, 6) is 0.173. The van der Waals surface area contributed by atoms with Gasteiger partial charge in [0.1, 0.15) is 0 Å². The van der Waals surface area contributed by atoms with Crippen LogP contribution in [-0.2, 0) is 4.79 Å². The molecule has 0 bridgehead atoms. The van der Waals surface area contributed by atoms with Gasteiger partial charge >= 0.3 is 0 Å². The van der Waals surface area contributed by atoms with Gasteiger partial charge in [-0.2, -0.15) is 0 Å². The van der Waals surface area contributed by atoms with Crippen LogP contribution in [0.4, 0.5) is 11.4 Å². The van der Waals surface area contributed by atoms with Gasteiger partial charge in [0.15, 0.2) is 0 Å². The molecule has 1 aromatic heterocycles. The summed E-state index contributed by atoms with van der Waals surface area (Å²) in [6.45, 7) is 7.03. The normalized spacial score (nSPS) is 17.4. The van der Waals surface area contributed by atoms with Crippen LogP contribution >= 0.6 is 24.8 Å². The number of anilines is 2. The number of amides is 1. The molecule has 2 saturated heterocycles. The Bertz CT molecular complexity index is 1130. The Morgan fingerprint density at radius 1 is 0.971 bits per heavy atom. The minimum Gasteiger partial charge on any atom is -0.387 e. The molecule has 8 heteroatoms. The third-order valence-electron chi connectivity index (χ3n) is 6.63. The highest BCUT2D eigenvalue weighted by Gasteiger charge is 2.24. The predicted molar refractivity (Wildman–Crippen MR) is 143 cm³/mol. The highest BCUT2D eigenvalue weighted by atomic mass is 35.5. The van der Waals surface area contributed by atoms with E-state index >= 15 is 0 Å². The largest absolute Gasteiger partial charge is 0.387 e. The number of benzene rings is 2. The number of aryl methyl sites for hydroxylation is 1. The van der Waals surface area contributed by atoms with Gasteiger partial charge in [-0.15, -0.1) is 24.8 Å². The summed E-state index contributed by atoms with van der Waals surface area (Å²) in [6, 6.07) is 18.4. The topological polar surface area (TPSA) is 59.9 Å². The molecule has 1 atom stereocenters. The van der Waals surface area contributed by atoms with Crippen molar-refractivity contribution < 1.29 is 9.90 Å². The third-order valence-corrected chi connectivity index (χ3v) is 6.63. The van der Waals surface area contributed by atoms with Crippen LogP contribution < -0.4 is 9.80 Å². The van der Waals surface area contributed by atoms with Gasteiger partial charge in [-0.1, -0.05) is 18.2 Å². The van der Waals surface area contributed by atoms with E-state index in [1.165, 1.54) is 11.1 Å². The number of hydrogen-bond acceptors (Lipinski definition) is 5. The lowest BCUT2D eigenvalue weighted by Gasteiger charge is -2.37.